The lowest BCUT2D eigenvalue weighted by molar-refractivity contribution is -0.114. The number of methoxy groups -OCH3 is 1. The molecule has 2 aromatic rings. The van der Waals surface area contributed by atoms with Gasteiger partial charge in [-0.3, -0.25) is 14.3 Å². The summed E-state index contributed by atoms with van der Waals surface area (Å²) in [7, 11) is -2.60. The van der Waals surface area contributed by atoms with Crippen molar-refractivity contribution in [1.29, 1.82) is 0 Å². The molecule has 10 heteroatoms. The lowest BCUT2D eigenvalue weighted by Crippen LogP contribution is -2.19. The van der Waals surface area contributed by atoms with E-state index < -0.39 is 15.9 Å². The number of thiophene rings is 1. The fraction of sp³-hybridized carbons (Fsp3) is 0.368. The van der Waals surface area contributed by atoms with E-state index in [0.29, 0.717) is 18.1 Å². The van der Waals surface area contributed by atoms with Gasteiger partial charge in [-0.15, -0.1) is 11.3 Å². The van der Waals surface area contributed by atoms with Gasteiger partial charge in [-0.25, -0.2) is 8.42 Å². The average molecular weight is 438 g/mol. The summed E-state index contributed by atoms with van der Waals surface area (Å²) in [4.78, 5) is 24.4. The number of rotatable bonds is 6. The maximum atomic E-state index is 13.0. The number of sulfonamides is 1. The monoisotopic (exact) mass is 437 g/mol. The normalized spacial score (nSPS) is 16.0. The molecule has 1 atom stereocenters. The number of amides is 2. The van der Waals surface area contributed by atoms with E-state index >= 15 is 0 Å². The van der Waals surface area contributed by atoms with E-state index in [1.54, 1.807) is 0 Å². The molecule has 29 heavy (non-hydrogen) atoms. The van der Waals surface area contributed by atoms with Crippen molar-refractivity contribution in [3.8, 4) is 5.75 Å². The van der Waals surface area contributed by atoms with Crippen LogP contribution >= 0.6 is 11.3 Å². The van der Waals surface area contributed by atoms with Gasteiger partial charge in [-0.2, -0.15) is 0 Å². The Morgan fingerprint density at radius 1 is 1.31 bits per heavy atom. The molecular weight excluding hydrogens is 414 g/mol. The number of nitrogens with one attached hydrogen (secondary N) is 2. The van der Waals surface area contributed by atoms with Gasteiger partial charge in [0.25, 0.3) is 15.9 Å². The first-order valence-electron chi connectivity index (χ1n) is 9.05. The third-order valence-electron chi connectivity index (χ3n) is 4.78. The second-order valence-corrected chi connectivity index (χ2v) is 9.86. The number of ether oxygens (including phenoxy) is 1. The SMILES string of the molecule is COc1ccc(S(=O)(=O)Nc2sc3c(c2C(N)=O)CCC(C)C3)cc1NC(C)=O. The first-order chi connectivity index (χ1) is 13.6. The highest BCUT2D eigenvalue weighted by Crippen LogP contribution is 2.40. The molecule has 2 amide bonds. The number of anilines is 2. The zero-order valence-electron chi connectivity index (χ0n) is 16.4. The molecule has 8 nitrogen and oxygen atoms in total. The summed E-state index contributed by atoms with van der Waals surface area (Å²) in [5, 5.41) is 2.78. The molecule has 0 aliphatic heterocycles. The zero-order valence-corrected chi connectivity index (χ0v) is 18.0. The first-order valence-corrected chi connectivity index (χ1v) is 11.3. The minimum absolute atomic E-state index is 0.0720. The van der Waals surface area contributed by atoms with Crippen molar-refractivity contribution in [2.75, 3.05) is 17.1 Å². The number of nitrogens with two attached hydrogens (primary N) is 1. The third kappa shape index (κ3) is 4.38. The topological polar surface area (TPSA) is 128 Å². The second-order valence-electron chi connectivity index (χ2n) is 7.07. The first kappa shape index (κ1) is 21.1. The molecule has 0 saturated carbocycles. The smallest absolute Gasteiger partial charge is 0.262 e. The highest BCUT2D eigenvalue weighted by atomic mass is 32.2. The number of fused-ring (bicyclic) bond motifs is 1. The molecule has 4 N–H and O–H groups in total. The Hall–Kier alpha value is -2.59. The molecule has 0 bridgehead atoms. The molecule has 0 fully saturated rings. The van der Waals surface area contributed by atoms with E-state index in [0.717, 1.165) is 23.3 Å². The Morgan fingerprint density at radius 2 is 2.03 bits per heavy atom. The quantitative estimate of drug-likeness (QED) is 0.640. The van der Waals surface area contributed by atoms with Gasteiger partial charge in [0.05, 0.1) is 23.3 Å². The van der Waals surface area contributed by atoms with Crippen LogP contribution in [0.25, 0.3) is 0 Å². The van der Waals surface area contributed by atoms with E-state index in [-0.39, 0.29) is 27.1 Å². The molecule has 0 spiro atoms. The van der Waals surface area contributed by atoms with Gasteiger partial charge in [0.2, 0.25) is 5.91 Å². The van der Waals surface area contributed by atoms with E-state index in [2.05, 4.69) is 17.0 Å². The molecule has 1 aromatic heterocycles. The van der Waals surface area contributed by atoms with Crippen LogP contribution in [-0.4, -0.2) is 27.3 Å². The van der Waals surface area contributed by atoms with Crippen LogP contribution in [0, 0.1) is 5.92 Å². The fourth-order valence-corrected chi connectivity index (χ4v) is 6.15. The summed E-state index contributed by atoms with van der Waals surface area (Å²) in [6, 6.07) is 4.13. The van der Waals surface area contributed by atoms with E-state index in [9.17, 15) is 18.0 Å². The fourth-order valence-electron chi connectivity index (χ4n) is 3.41. The van der Waals surface area contributed by atoms with Crippen molar-refractivity contribution in [2.45, 2.75) is 38.0 Å². The zero-order chi connectivity index (χ0) is 21.3. The van der Waals surface area contributed by atoms with Gasteiger partial charge in [-0.1, -0.05) is 6.92 Å². The third-order valence-corrected chi connectivity index (χ3v) is 7.42. The maximum absolute atomic E-state index is 13.0. The average Bonchev–Trinajstić information content (AvgIpc) is 2.97. The van der Waals surface area contributed by atoms with Crippen molar-refractivity contribution in [3.63, 3.8) is 0 Å². The van der Waals surface area contributed by atoms with E-state index in [1.807, 2.05) is 0 Å². The molecule has 1 aliphatic carbocycles. The van der Waals surface area contributed by atoms with Crippen molar-refractivity contribution in [3.05, 3.63) is 34.2 Å². The maximum Gasteiger partial charge on any atom is 0.262 e. The Labute approximate surface area is 173 Å². The summed E-state index contributed by atoms with van der Waals surface area (Å²) in [5.74, 6) is -0.212. The van der Waals surface area contributed by atoms with Crippen LogP contribution in [0.4, 0.5) is 10.7 Å². The molecule has 1 unspecified atom stereocenters. The van der Waals surface area contributed by atoms with Gasteiger partial charge in [0, 0.05) is 11.8 Å². The van der Waals surface area contributed by atoms with Crippen molar-refractivity contribution in [1.82, 2.24) is 0 Å². The van der Waals surface area contributed by atoms with Crippen LogP contribution < -0.4 is 20.5 Å². The standard InChI is InChI=1S/C19H23N3O5S2/c1-10-4-6-13-16(8-10)28-19(17(13)18(20)24)22-29(25,26)12-5-7-15(27-3)14(9-12)21-11(2)23/h5,7,9-10,22H,4,6,8H2,1-3H3,(H2,20,24)(H,21,23). The minimum atomic E-state index is -4.02. The summed E-state index contributed by atoms with van der Waals surface area (Å²) in [6.07, 6.45) is 2.41. The van der Waals surface area contributed by atoms with Crippen LogP contribution in [0.2, 0.25) is 0 Å². The van der Waals surface area contributed by atoms with Crippen molar-refractivity contribution >= 4 is 43.9 Å². The molecular formula is C19H23N3O5S2. The lowest BCUT2D eigenvalue weighted by atomic mass is 9.88. The largest absolute Gasteiger partial charge is 0.495 e. The summed E-state index contributed by atoms with van der Waals surface area (Å²) in [5.41, 5.74) is 6.88. The highest BCUT2D eigenvalue weighted by molar-refractivity contribution is 7.93. The predicted molar refractivity (Wildman–Crippen MR) is 112 cm³/mol. The van der Waals surface area contributed by atoms with Crippen molar-refractivity contribution in [2.24, 2.45) is 11.7 Å². The van der Waals surface area contributed by atoms with Crippen LogP contribution in [0.15, 0.2) is 23.1 Å². The van der Waals surface area contributed by atoms with Gasteiger partial charge < -0.3 is 15.8 Å². The summed E-state index contributed by atoms with van der Waals surface area (Å²) in [6.45, 7) is 3.44. The lowest BCUT2D eigenvalue weighted by Gasteiger charge is -2.18. The Morgan fingerprint density at radius 3 is 2.66 bits per heavy atom. The van der Waals surface area contributed by atoms with Crippen LogP contribution in [0.1, 0.15) is 41.1 Å². The minimum Gasteiger partial charge on any atom is -0.495 e. The molecule has 1 heterocycles. The molecule has 1 aromatic carbocycles. The molecule has 1 aliphatic rings. The van der Waals surface area contributed by atoms with Gasteiger partial charge in [-0.05, 0) is 48.9 Å². The summed E-state index contributed by atoms with van der Waals surface area (Å²) < 4.78 is 33.6. The Balaban J connectivity index is 2.00. The van der Waals surface area contributed by atoms with Gasteiger partial charge in [0.15, 0.2) is 0 Å². The number of hydrogen-bond donors (Lipinski definition) is 3. The number of benzene rings is 1. The molecule has 156 valence electrons. The van der Waals surface area contributed by atoms with Crippen molar-refractivity contribution < 1.29 is 22.7 Å². The number of hydrogen-bond acceptors (Lipinski definition) is 6. The number of carbonyl (C=O) groups is 2. The predicted octanol–water partition coefficient (Wildman–Crippen LogP) is 2.74. The Kier molecular flexibility index (Phi) is 5.85. The molecule has 3 rings (SSSR count). The van der Waals surface area contributed by atoms with Crippen LogP contribution in [-0.2, 0) is 27.7 Å². The number of carbonyl (C=O) groups excluding carboxylic acids is 2. The second kappa shape index (κ2) is 8.03. The molecule has 0 saturated heterocycles. The van der Waals surface area contributed by atoms with E-state index in [4.69, 9.17) is 10.5 Å². The highest BCUT2D eigenvalue weighted by Gasteiger charge is 2.29. The van der Waals surface area contributed by atoms with Gasteiger partial charge >= 0.3 is 0 Å². The van der Waals surface area contributed by atoms with Gasteiger partial charge in [0.1, 0.15) is 10.8 Å². The summed E-state index contributed by atoms with van der Waals surface area (Å²) >= 11 is 1.25. The van der Waals surface area contributed by atoms with Crippen LogP contribution in [0.5, 0.6) is 5.75 Å². The van der Waals surface area contributed by atoms with Crippen LogP contribution in [0.3, 0.4) is 0 Å². The Bertz CT molecular complexity index is 1080. The molecule has 0 radical (unpaired) electrons. The number of primary amides is 1. The van der Waals surface area contributed by atoms with E-state index in [1.165, 1.54) is 43.6 Å².